The van der Waals surface area contributed by atoms with Crippen molar-refractivity contribution >= 4 is 34.2 Å². The van der Waals surface area contributed by atoms with Crippen molar-refractivity contribution in [2.24, 2.45) is 0 Å². The van der Waals surface area contributed by atoms with Crippen LogP contribution in [0.15, 0.2) is 30.4 Å². The molecule has 3 heteroatoms. The summed E-state index contributed by atoms with van der Waals surface area (Å²) in [6.45, 7) is 0. The van der Waals surface area contributed by atoms with E-state index in [9.17, 15) is 9.59 Å². The number of halogens is 1. The van der Waals surface area contributed by atoms with Crippen LogP contribution in [0.1, 0.15) is 20.7 Å². The number of carbonyl (C=O) groups excluding carboxylic acids is 2. The molecule has 13 heavy (non-hydrogen) atoms. The summed E-state index contributed by atoms with van der Waals surface area (Å²) >= 11 is 2.06. The first-order valence-corrected chi connectivity index (χ1v) is 4.83. The minimum atomic E-state index is -0.0897. The fourth-order valence-electron chi connectivity index (χ4n) is 1.30. The van der Waals surface area contributed by atoms with Gasteiger partial charge in [0.1, 0.15) is 0 Å². The molecular weight excluding hydrogens is 279 g/mol. The number of rotatable bonds is 0. The fraction of sp³-hybridized carbons (Fsp3) is 0. The van der Waals surface area contributed by atoms with Crippen LogP contribution in [0, 0.1) is 3.57 Å². The van der Waals surface area contributed by atoms with Crippen molar-refractivity contribution in [3.63, 3.8) is 0 Å². The van der Waals surface area contributed by atoms with Crippen LogP contribution in [-0.4, -0.2) is 11.6 Å². The predicted molar refractivity (Wildman–Crippen MR) is 57.0 cm³/mol. The highest BCUT2D eigenvalue weighted by molar-refractivity contribution is 14.1. The molecule has 0 fully saturated rings. The molecule has 64 valence electrons. The van der Waals surface area contributed by atoms with E-state index in [0.717, 1.165) is 3.57 Å². The van der Waals surface area contributed by atoms with Gasteiger partial charge in [-0.25, -0.2) is 0 Å². The van der Waals surface area contributed by atoms with Crippen LogP contribution in [0.25, 0.3) is 0 Å². The quantitative estimate of drug-likeness (QED) is 0.685. The van der Waals surface area contributed by atoms with Gasteiger partial charge in [0.05, 0.1) is 0 Å². The second kappa shape index (κ2) is 3.06. The Bertz CT molecular complexity index is 433. The molecule has 0 atom stereocenters. The second-order valence-corrected chi connectivity index (χ2v) is 3.89. The van der Waals surface area contributed by atoms with Gasteiger partial charge in [0.2, 0.25) is 0 Å². The van der Waals surface area contributed by atoms with Crippen LogP contribution >= 0.6 is 22.6 Å². The molecule has 0 amide bonds. The van der Waals surface area contributed by atoms with E-state index in [2.05, 4.69) is 22.6 Å². The molecule has 0 N–H and O–H groups in total. The first-order chi connectivity index (χ1) is 6.20. The largest absolute Gasteiger partial charge is 0.289 e. The van der Waals surface area contributed by atoms with Crippen molar-refractivity contribution in [3.05, 3.63) is 45.0 Å². The zero-order valence-electron chi connectivity index (χ0n) is 6.58. The summed E-state index contributed by atoms with van der Waals surface area (Å²) in [7, 11) is 0. The van der Waals surface area contributed by atoms with E-state index in [1.165, 1.54) is 12.2 Å². The van der Waals surface area contributed by atoms with Crippen molar-refractivity contribution in [1.29, 1.82) is 0 Å². The summed E-state index contributed by atoms with van der Waals surface area (Å²) in [4.78, 5) is 22.7. The summed E-state index contributed by atoms with van der Waals surface area (Å²) in [6.07, 6.45) is 2.65. The number of fused-ring (bicyclic) bond motifs is 1. The minimum absolute atomic E-state index is 0.0837. The van der Waals surface area contributed by atoms with Crippen molar-refractivity contribution in [2.75, 3.05) is 0 Å². The van der Waals surface area contributed by atoms with E-state index in [-0.39, 0.29) is 11.6 Å². The topological polar surface area (TPSA) is 34.1 Å². The molecule has 0 aliphatic heterocycles. The van der Waals surface area contributed by atoms with Gasteiger partial charge in [-0.1, -0.05) is 12.1 Å². The van der Waals surface area contributed by atoms with Crippen LogP contribution in [-0.2, 0) is 0 Å². The second-order valence-electron chi connectivity index (χ2n) is 2.72. The summed E-state index contributed by atoms with van der Waals surface area (Å²) in [5.74, 6) is -0.173. The molecule has 0 radical (unpaired) electrons. The lowest BCUT2D eigenvalue weighted by molar-refractivity contribution is 0.0993. The smallest absolute Gasteiger partial charge is 0.187 e. The molecule has 1 aliphatic rings. The van der Waals surface area contributed by atoms with Crippen molar-refractivity contribution in [1.82, 2.24) is 0 Å². The number of allylic oxidation sites excluding steroid dienone is 2. The highest BCUT2D eigenvalue weighted by Crippen LogP contribution is 2.21. The van der Waals surface area contributed by atoms with Gasteiger partial charge in [0, 0.05) is 14.7 Å². The molecule has 0 unspecified atom stereocenters. The van der Waals surface area contributed by atoms with Crippen LogP contribution in [0.4, 0.5) is 0 Å². The Morgan fingerprint density at radius 3 is 2.38 bits per heavy atom. The molecule has 0 spiro atoms. The van der Waals surface area contributed by atoms with Crippen LogP contribution in [0.2, 0.25) is 0 Å². The van der Waals surface area contributed by atoms with Gasteiger partial charge in [-0.3, -0.25) is 9.59 Å². The zero-order valence-corrected chi connectivity index (χ0v) is 8.74. The molecule has 0 heterocycles. The highest BCUT2D eigenvalue weighted by atomic mass is 127. The number of ketones is 2. The van der Waals surface area contributed by atoms with Gasteiger partial charge in [-0.15, -0.1) is 0 Å². The third kappa shape index (κ3) is 1.33. The maximum Gasteiger partial charge on any atom is 0.187 e. The predicted octanol–water partition coefficient (Wildman–Crippen LogP) is 2.23. The molecule has 0 bridgehead atoms. The normalized spacial score (nSPS) is 14.5. The molecule has 1 aliphatic carbocycles. The zero-order chi connectivity index (χ0) is 9.42. The molecule has 0 saturated carbocycles. The third-order valence-electron chi connectivity index (χ3n) is 1.91. The Hall–Kier alpha value is -0.970. The summed E-state index contributed by atoms with van der Waals surface area (Å²) < 4.78 is 0.831. The maximum absolute atomic E-state index is 11.4. The van der Waals surface area contributed by atoms with Crippen LogP contribution < -0.4 is 0 Å². The summed E-state index contributed by atoms with van der Waals surface area (Å²) in [6, 6.07) is 5.29. The first-order valence-electron chi connectivity index (χ1n) is 3.75. The number of hydrogen-bond donors (Lipinski definition) is 0. The Morgan fingerprint density at radius 1 is 1.00 bits per heavy atom. The molecule has 1 aromatic rings. The molecule has 1 aromatic carbocycles. The van der Waals surface area contributed by atoms with Crippen molar-refractivity contribution < 1.29 is 9.59 Å². The van der Waals surface area contributed by atoms with Gasteiger partial charge >= 0.3 is 0 Å². The average molecular weight is 284 g/mol. The van der Waals surface area contributed by atoms with Gasteiger partial charge in [0.15, 0.2) is 11.6 Å². The number of benzene rings is 1. The SMILES string of the molecule is O=C1C=CC(=O)c2c(I)cccc21. The van der Waals surface area contributed by atoms with Gasteiger partial charge < -0.3 is 0 Å². The minimum Gasteiger partial charge on any atom is -0.289 e. The Labute approximate surface area is 88.8 Å². The maximum atomic E-state index is 11.4. The Morgan fingerprint density at radius 2 is 1.69 bits per heavy atom. The van der Waals surface area contributed by atoms with E-state index in [1.807, 2.05) is 6.07 Å². The monoisotopic (exact) mass is 284 g/mol. The third-order valence-corrected chi connectivity index (χ3v) is 2.81. The summed E-state index contributed by atoms with van der Waals surface area (Å²) in [5, 5.41) is 0. The van der Waals surface area contributed by atoms with E-state index < -0.39 is 0 Å². The Balaban J connectivity index is 2.76. The lowest BCUT2D eigenvalue weighted by Crippen LogP contribution is -2.12. The molecular formula is C10H5IO2. The van der Waals surface area contributed by atoms with E-state index in [1.54, 1.807) is 12.1 Å². The molecule has 0 saturated heterocycles. The summed E-state index contributed by atoms with van der Waals surface area (Å²) in [5.41, 5.74) is 1.05. The Kier molecular flexibility index (Phi) is 2.03. The van der Waals surface area contributed by atoms with Crippen molar-refractivity contribution in [3.8, 4) is 0 Å². The molecule has 2 rings (SSSR count). The lowest BCUT2D eigenvalue weighted by Gasteiger charge is -2.09. The van der Waals surface area contributed by atoms with E-state index >= 15 is 0 Å². The first kappa shape index (κ1) is 8.62. The van der Waals surface area contributed by atoms with Gasteiger partial charge in [-0.2, -0.15) is 0 Å². The number of carbonyl (C=O) groups is 2. The van der Waals surface area contributed by atoms with Crippen molar-refractivity contribution in [2.45, 2.75) is 0 Å². The average Bonchev–Trinajstić information content (AvgIpc) is 2.12. The van der Waals surface area contributed by atoms with Gasteiger partial charge in [-0.05, 0) is 40.8 Å². The number of hydrogen-bond acceptors (Lipinski definition) is 2. The van der Waals surface area contributed by atoms with Gasteiger partial charge in [0.25, 0.3) is 0 Å². The van der Waals surface area contributed by atoms with E-state index in [4.69, 9.17) is 0 Å². The fourth-order valence-corrected chi connectivity index (χ4v) is 2.07. The van der Waals surface area contributed by atoms with E-state index in [0.29, 0.717) is 11.1 Å². The van der Waals surface area contributed by atoms with Crippen LogP contribution in [0.5, 0.6) is 0 Å². The van der Waals surface area contributed by atoms with Crippen LogP contribution in [0.3, 0.4) is 0 Å². The highest BCUT2D eigenvalue weighted by Gasteiger charge is 2.20. The lowest BCUT2D eigenvalue weighted by atomic mass is 9.95. The molecule has 0 aromatic heterocycles. The standard InChI is InChI=1S/C10H5IO2/c11-7-3-1-2-6-8(12)4-5-9(13)10(6)7/h1-5H. The molecule has 2 nitrogen and oxygen atoms in total.